The van der Waals surface area contributed by atoms with Crippen molar-refractivity contribution in [3.8, 4) is 11.5 Å². The summed E-state index contributed by atoms with van der Waals surface area (Å²) in [4.78, 5) is 15.2. The number of ether oxygens (including phenoxy) is 3. The molecule has 2 fully saturated rings. The largest absolute Gasteiger partial charge is 0.493 e. The lowest BCUT2D eigenvalue weighted by Gasteiger charge is -2.63. The highest BCUT2D eigenvalue weighted by Gasteiger charge is 2.73. The van der Waals surface area contributed by atoms with Gasteiger partial charge in [-0.3, -0.25) is 4.79 Å². The van der Waals surface area contributed by atoms with E-state index in [4.69, 9.17) is 14.2 Å². The zero-order valence-electron chi connectivity index (χ0n) is 14.4. The maximum Gasteiger partial charge on any atom is 0.174 e. The molecule has 5 rings (SSSR count). The van der Waals surface area contributed by atoms with Crippen molar-refractivity contribution in [3.63, 3.8) is 0 Å². The van der Waals surface area contributed by atoms with Crippen molar-refractivity contribution in [2.24, 2.45) is 0 Å². The number of benzene rings is 1. The molecule has 4 atom stereocenters. The minimum atomic E-state index is -0.437. The molecule has 128 valence electrons. The van der Waals surface area contributed by atoms with Gasteiger partial charge in [0, 0.05) is 25.1 Å². The molecule has 2 aliphatic carbocycles. The molecule has 0 N–H and O–H groups in total. The predicted octanol–water partition coefficient (Wildman–Crippen LogP) is 1.70. The molecule has 5 nitrogen and oxygen atoms in total. The van der Waals surface area contributed by atoms with Gasteiger partial charge in [-0.15, -0.1) is 0 Å². The third-order valence-electron chi connectivity index (χ3n) is 7.05. The highest BCUT2D eigenvalue weighted by Crippen LogP contribution is 2.65. The average molecular weight is 329 g/mol. The number of likely N-dealkylation sites (tertiary alicyclic amines) is 1. The van der Waals surface area contributed by atoms with Crippen LogP contribution in [0.1, 0.15) is 30.4 Å². The highest BCUT2D eigenvalue weighted by atomic mass is 16.5. The number of Topliss-reactive ketones (excluding diaryl/α,β-unsaturated/α-hetero) is 1. The monoisotopic (exact) mass is 329 g/mol. The minimum absolute atomic E-state index is 0.206. The smallest absolute Gasteiger partial charge is 0.174 e. The highest BCUT2D eigenvalue weighted by molar-refractivity contribution is 5.90. The summed E-state index contributed by atoms with van der Waals surface area (Å²) in [6.07, 6.45) is 2.68. The van der Waals surface area contributed by atoms with Crippen LogP contribution < -0.4 is 9.47 Å². The second-order valence-electron chi connectivity index (χ2n) is 7.61. The fourth-order valence-electron chi connectivity index (χ4n) is 6.07. The lowest BCUT2D eigenvalue weighted by molar-refractivity contribution is -0.198. The van der Waals surface area contributed by atoms with Gasteiger partial charge in [0.05, 0.1) is 18.1 Å². The topological polar surface area (TPSA) is 48.0 Å². The molecule has 1 aromatic carbocycles. The van der Waals surface area contributed by atoms with Crippen molar-refractivity contribution in [3.05, 3.63) is 23.3 Å². The number of methoxy groups -OCH3 is 2. The number of carbonyl (C=O) groups excluding carboxylic acids is 1. The summed E-state index contributed by atoms with van der Waals surface area (Å²) in [5, 5.41) is 0. The van der Waals surface area contributed by atoms with Gasteiger partial charge in [-0.2, -0.15) is 0 Å². The second-order valence-corrected chi connectivity index (χ2v) is 7.61. The lowest BCUT2D eigenvalue weighted by Crippen LogP contribution is -2.76. The van der Waals surface area contributed by atoms with E-state index in [1.807, 2.05) is 13.2 Å². The molecule has 1 spiro atoms. The Bertz CT molecular complexity index is 747. The number of nitrogens with zero attached hydrogens (tertiary/aromatic N) is 1. The van der Waals surface area contributed by atoms with Gasteiger partial charge < -0.3 is 19.1 Å². The summed E-state index contributed by atoms with van der Waals surface area (Å²) in [5.74, 6) is 1.71. The van der Waals surface area contributed by atoms with Crippen LogP contribution in [-0.4, -0.2) is 56.2 Å². The van der Waals surface area contributed by atoms with Gasteiger partial charge >= 0.3 is 0 Å². The van der Waals surface area contributed by atoms with E-state index in [0.717, 1.165) is 37.3 Å². The van der Waals surface area contributed by atoms with Gasteiger partial charge in [0.2, 0.25) is 0 Å². The number of ketones is 1. The lowest BCUT2D eigenvalue weighted by atomic mass is 9.49. The van der Waals surface area contributed by atoms with Crippen LogP contribution in [0.4, 0.5) is 0 Å². The summed E-state index contributed by atoms with van der Waals surface area (Å²) in [5.41, 5.74) is 1.74. The van der Waals surface area contributed by atoms with Crippen LogP contribution in [-0.2, 0) is 21.4 Å². The Kier molecular flexibility index (Phi) is 2.78. The fraction of sp³-hybridized carbons (Fsp3) is 0.632. The first-order chi connectivity index (χ1) is 11.6. The minimum Gasteiger partial charge on any atom is -0.493 e. The molecule has 1 saturated heterocycles. The van der Waals surface area contributed by atoms with Crippen LogP contribution in [0.15, 0.2) is 12.1 Å². The van der Waals surface area contributed by atoms with E-state index in [0.29, 0.717) is 6.42 Å². The molecule has 1 saturated carbocycles. The van der Waals surface area contributed by atoms with Crippen molar-refractivity contribution in [2.75, 3.05) is 27.8 Å². The third kappa shape index (κ3) is 1.35. The number of hydrogen-bond acceptors (Lipinski definition) is 5. The van der Waals surface area contributed by atoms with E-state index >= 15 is 0 Å². The Balaban J connectivity index is 1.86. The summed E-state index contributed by atoms with van der Waals surface area (Å²) < 4.78 is 18.1. The van der Waals surface area contributed by atoms with Crippen molar-refractivity contribution in [1.29, 1.82) is 0 Å². The molecule has 2 aliphatic heterocycles. The fourth-order valence-corrected chi connectivity index (χ4v) is 6.07. The van der Waals surface area contributed by atoms with Crippen molar-refractivity contribution in [2.45, 2.75) is 48.8 Å². The third-order valence-corrected chi connectivity index (χ3v) is 7.05. The molecular weight excluding hydrogens is 306 g/mol. The molecule has 0 radical (unpaired) electrons. The Hall–Kier alpha value is -1.59. The first kappa shape index (κ1) is 14.7. The summed E-state index contributed by atoms with van der Waals surface area (Å²) >= 11 is 0. The van der Waals surface area contributed by atoms with Crippen LogP contribution in [0.5, 0.6) is 11.5 Å². The maximum absolute atomic E-state index is 12.8. The molecule has 0 aromatic heterocycles. The molecule has 2 bridgehead atoms. The first-order valence-corrected chi connectivity index (χ1v) is 8.74. The zero-order valence-corrected chi connectivity index (χ0v) is 14.4. The Labute approximate surface area is 141 Å². The Morgan fingerprint density at radius 1 is 1.29 bits per heavy atom. The van der Waals surface area contributed by atoms with E-state index in [2.05, 4.69) is 18.0 Å². The van der Waals surface area contributed by atoms with Crippen LogP contribution in [0.2, 0.25) is 0 Å². The molecule has 5 heteroatoms. The van der Waals surface area contributed by atoms with Crippen LogP contribution in [0.3, 0.4) is 0 Å². The van der Waals surface area contributed by atoms with Gasteiger partial charge in [-0.05, 0) is 44.5 Å². The van der Waals surface area contributed by atoms with Crippen LogP contribution >= 0.6 is 0 Å². The van der Waals surface area contributed by atoms with Gasteiger partial charge in [0.1, 0.15) is 0 Å². The maximum atomic E-state index is 12.8. The van der Waals surface area contributed by atoms with E-state index in [9.17, 15) is 4.79 Å². The molecule has 4 aliphatic rings. The molecule has 0 amide bonds. The molecule has 2 heterocycles. The number of piperidine rings is 1. The van der Waals surface area contributed by atoms with E-state index < -0.39 is 6.10 Å². The van der Waals surface area contributed by atoms with Crippen molar-refractivity contribution in [1.82, 2.24) is 4.90 Å². The number of likely N-dealkylation sites (N-methyl/N-ethyl adjacent to an activating group) is 1. The average Bonchev–Trinajstić information content (AvgIpc) is 2.95. The predicted molar refractivity (Wildman–Crippen MR) is 87.8 cm³/mol. The number of rotatable bonds is 2. The zero-order chi connectivity index (χ0) is 16.7. The quantitative estimate of drug-likeness (QED) is 0.827. The molecule has 1 aromatic rings. The normalized spacial score (nSPS) is 39.4. The summed E-state index contributed by atoms with van der Waals surface area (Å²) in [6.45, 7) is 0.957. The number of carbonyl (C=O) groups is 1. The van der Waals surface area contributed by atoms with Gasteiger partial charge in [0.25, 0.3) is 0 Å². The SMILES string of the molecule is COc1ccc2c3c1OC1C(=O)CCC4(OC)C(C2)N(C)CCC314. The van der Waals surface area contributed by atoms with Gasteiger partial charge in [0.15, 0.2) is 23.4 Å². The number of hydrogen-bond donors (Lipinski definition) is 0. The van der Waals surface area contributed by atoms with Gasteiger partial charge in [-0.1, -0.05) is 6.07 Å². The molecule has 4 unspecified atom stereocenters. The van der Waals surface area contributed by atoms with Crippen LogP contribution in [0, 0.1) is 0 Å². The first-order valence-electron chi connectivity index (χ1n) is 8.74. The summed E-state index contributed by atoms with van der Waals surface area (Å²) in [7, 11) is 5.64. The Morgan fingerprint density at radius 3 is 2.88 bits per heavy atom. The Morgan fingerprint density at radius 2 is 2.12 bits per heavy atom. The van der Waals surface area contributed by atoms with Gasteiger partial charge in [-0.25, -0.2) is 0 Å². The second kappa shape index (κ2) is 4.52. The van der Waals surface area contributed by atoms with Crippen molar-refractivity contribution >= 4 is 5.78 Å². The molecule has 24 heavy (non-hydrogen) atoms. The summed E-state index contributed by atoms with van der Waals surface area (Å²) in [6, 6.07) is 4.40. The van der Waals surface area contributed by atoms with Crippen LogP contribution in [0.25, 0.3) is 0 Å². The van der Waals surface area contributed by atoms with E-state index in [1.165, 1.54) is 11.1 Å². The standard InChI is InChI=1S/C19H23NO4/c1-20-9-8-18-15-11-4-5-13(22-2)16(15)24-17(18)12(21)6-7-19(18,23-3)14(20)10-11/h4-5,14,17H,6-10H2,1-3H3. The molecular formula is C19H23NO4. The van der Waals surface area contributed by atoms with E-state index in [-0.39, 0.29) is 22.8 Å². The van der Waals surface area contributed by atoms with E-state index in [1.54, 1.807) is 7.11 Å². The van der Waals surface area contributed by atoms with Crippen molar-refractivity contribution < 1.29 is 19.0 Å².